The van der Waals surface area contributed by atoms with Crippen molar-refractivity contribution in [3.63, 3.8) is 0 Å². The van der Waals surface area contributed by atoms with Crippen molar-refractivity contribution in [2.45, 2.75) is 58.8 Å². The quantitative estimate of drug-likeness (QED) is 0.271. The van der Waals surface area contributed by atoms with Crippen molar-refractivity contribution in [2.75, 3.05) is 26.2 Å². The lowest BCUT2D eigenvalue weighted by Crippen LogP contribution is -2.26. The molecule has 0 radical (unpaired) electrons. The molecular weight excluding hydrogens is 304 g/mol. The molecule has 0 aliphatic carbocycles. The molecule has 0 saturated heterocycles. The van der Waals surface area contributed by atoms with Gasteiger partial charge in [-0.1, -0.05) is 39.5 Å². The highest BCUT2D eigenvalue weighted by Gasteiger charge is 2.05. The maximum atomic E-state index is 10.6. The number of non-ortho nitro benzene ring substituents is 1. The lowest BCUT2D eigenvalue weighted by molar-refractivity contribution is -0.384. The van der Waals surface area contributed by atoms with Gasteiger partial charge in [-0.2, -0.15) is 0 Å². The van der Waals surface area contributed by atoms with Crippen LogP contribution in [-0.4, -0.2) is 36.1 Å². The highest BCUT2D eigenvalue weighted by Crippen LogP contribution is 2.17. The number of nitro benzene ring substituents is 1. The molecule has 0 N–H and O–H groups in total. The first-order chi connectivity index (χ1) is 11.7. The van der Waals surface area contributed by atoms with Crippen molar-refractivity contribution in [1.82, 2.24) is 4.90 Å². The molecular formula is C19H32N2O3. The van der Waals surface area contributed by atoms with E-state index in [4.69, 9.17) is 4.74 Å². The summed E-state index contributed by atoms with van der Waals surface area (Å²) in [5.74, 6) is 0.698. The van der Waals surface area contributed by atoms with E-state index in [0.717, 1.165) is 25.9 Å². The summed E-state index contributed by atoms with van der Waals surface area (Å²) in [7, 11) is 0. The summed E-state index contributed by atoms with van der Waals surface area (Å²) in [6, 6.07) is 6.28. The third-order valence-electron chi connectivity index (χ3n) is 4.21. The minimum atomic E-state index is -0.397. The van der Waals surface area contributed by atoms with Gasteiger partial charge < -0.3 is 9.64 Å². The van der Waals surface area contributed by atoms with Crippen LogP contribution in [-0.2, 0) is 0 Å². The van der Waals surface area contributed by atoms with Gasteiger partial charge in [-0.05, 0) is 51.0 Å². The topological polar surface area (TPSA) is 55.6 Å². The van der Waals surface area contributed by atoms with Crippen molar-refractivity contribution in [1.29, 1.82) is 0 Å². The monoisotopic (exact) mass is 336 g/mol. The summed E-state index contributed by atoms with van der Waals surface area (Å²) < 4.78 is 5.64. The number of nitro groups is 1. The van der Waals surface area contributed by atoms with E-state index in [2.05, 4.69) is 18.7 Å². The van der Waals surface area contributed by atoms with E-state index in [0.29, 0.717) is 12.4 Å². The Morgan fingerprint density at radius 2 is 1.58 bits per heavy atom. The normalized spacial score (nSPS) is 11.0. The van der Waals surface area contributed by atoms with Crippen LogP contribution in [0.4, 0.5) is 5.69 Å². The van der Waals surface area contributed by atoms with Crippen LogP contribution >= 0.6 is 0 Å². The van der Waals surface area contributed by atoms with Crippen LogP contribution in [0.3, 0.4) is 0 Å². The maximum absolute atomic E-state index is 10.6. The molecule has 0 fully saturated rings. The first-order valence-electron chi connectivity index (χ1n) is 9.27. The Bertz CT molecular complexity index is 448. The summed E-state index contributed by atoms with van der Waals surface area (Å²) in [6.45, 7) is 8.55. The fourth-order valence-electron chi connectivity index (χ4n) is 2.66. The van der Waals surface area contributed by atoms with Crippen LogP contribution in [0, 0.1) is 10.1 Å². The van der Waals surface area contributed by atoms with Crippen LogP contribution < -0.4 is 4.74 Å². The molecule has 0 aromatic heterocycles. The Hall–Kier alpha value is -1.62. The Labute approximate surface area is 146 Å². The molecule has 0 saturated carbocycles. The lowest BCUT2D eigenvalue weighted by Gasteiger charge is -2.20. The van der Waals surface area contributed by atoms with Gasteiger partial charge in [0.15, 0.2) is 0 Å². The zero-order chi connectivity index (χ0) is 17.6. The van der Waals surface area contributed by atoms with Crippen LogP contribution in [0.5, 0.6) is 5.75 Å². The number of hydrogen-bond acceptors (Lipinski definition) is 4. The molecule has 0 aliphatic heterocycles. The lowest BCUT2D eigenvalue weighted by atomic mass is 10.1. The van der Waals surface area contributed by atoms with Crippen LogP contribution in [0.25, 0.3) is 0 Å². The van der Waals surface area contributed by atoms with Gasteiger partial charge >= 0.3 is 0 Å². The van der Waals surface area contributed by atoms with Crippen molar-refractivity contribution in [2.24, 2.45) is 0 Å². The minimum absolute atomic E-state index is 0.0971. The number of rotatable bonds is 14. The summed E-state index contributed by atoms with van der Waals surface area (Å²) in [5, 5.41) is 10.6. The Morgan fingerprint density at radius 1 is 0.958 bits per heavy atom. The second kappa shape index (κ2) is 12.8. The predicted octanol–water partition coefficient (Wildman–Crippen LogP) is 5.05. The molecule has 0 spiro atoms. The van der Waals surface area contributed by atoms with Crippen LogP contribution in [0.1, 0.15) is 58.8 Å². The molecule has 1 aromatic carbocycles. The molecule has 0 bridgehead atoms. The Balaban J connectivity index is 2.09. The zero-order valence-electron chi connectivity index (χ0n) is 15.2. The predicted molar refractivity (Wildman–Crippen MR) is 98.7 cm³/mol. The molecule has 5 heteroatoms. The summed E-state index contributed by atoms with van der Waals surface area (Å²) in [4.78, 5) is 12.7. The molecule has 24 heavy (non-hydrogen) atoms. The number of ether oxygens (including phenoxy) is 1. The van der Waals surface area contributed by atoms with E-state index in [1.165, 1.54) is 50.8 Å². The highest BCUT2D eigenvalue weighted by atomic mass is 16.6. The molecule has 0 heterocycles. The smallest absolute Gasteiger partial charge is 0.269 e. The second-order valence-corrected chi connectivity index (χ2v) is 6.16. The van der Waals surface area contributed by atoms with Crippen molar-refractivity contribution < 1.29 is 9.66 Å². The number of hydrogen-bond donors (Lipinski definition) is 0. The van der Waals surface area contributed by atoms with E-state index >= 15 is 0 Å². The molecule has 1 rings (SSSR count). The van der Waals surface area contributed by atoms with Crippen LogP contribution in [0.15, 0.2) is 24.3 Å². The van der Waals surface area contributed by atoms with Gasteiger partial charge in [0.2, 0.25) is 0 Å². The third kappa shape index (κ3) is 8.87. The van der Waals surface area contributed by atoms with Crippen molar-refractivity contribution >= 4 is 5.69 Å². The molecule has 0 unspecified atom stereocenters. The largest absolute Gasteiger partial charge is 0.494 e. The summed E-state index contributed by atoms with van der Waals surface area (Å²) in [5.41, 5.74) is 0.0971. The molecule has 1 aromatic rings. The Morgan fingerprint density at radius 3 is 2.17 bits per heavy atom. The van der Waals surface area contributed by atoms with E-state index in [-0.39, 0.29) is 5.69 Å². The molecule has 136 valence electrons. The standard InChI is InChI=1S/C19H32N2O3/c1-3-5-6-7-8-15-20(4-2)16-9-10-17-24-19-13-11-18(12-14-19)21(22)23/h11-14H,3-10,15-17H2,1-2H3. The van der Waals surface area contributed by atoms with Crippen molar-refractivity contribution in [3.8, 4) is 5.75 Å². The highest BCUT2D eigenvalue weighted by molar-refractivity contribution is 5.35. The molecule has 0 amide bonds. The number of benzene rings is 1. The summed E-state index contributed by atoms with van der Waals surface area (Å²) in [6.07, 6.45) is 8.77. The van der Waals surface area contributed by atoms with Crippen molar-refractivity contribution in [3.05, 3.63) is 34.4 Å². The fourth-order valence-corrected chi connectivity index (χ4v) is 2.66. The number of unbranched alkanes of at least 4 members (excludes halogenated alkanes) is 5. The van der Waals surface area contributed by atoms with Gasteiger partial charge in [0.05, 0.1) is 11.5 Å². The first-order valence-corrected chi connectivity index (χ1v) is 9.27. The zero-order valence-corrected chi connectivity index (χ0v) is 15.2. The van der Waals surface area contributed by atoms with Gasteiger partial charge in [-0.15, -0.1) is 0 Å². The van der Waals surface area contributed by atoms with E-state index in [1.807, 2.05) is 0 Å². The maximum Gasteiger partial charge on any atom is 0.269 e. The van der Waals surface area contributed by atoms with Gasteiger partial charge in [0.1, 0.15) is 5.75 Å². The average Bonchev–Trinajstić information content (AvgIpc) is 2.59. The number of nitrogens with zero attached hydrogens (tertiary/aromatic N) is 2. The Kier molecular flexibility index (Phi) is 10.9. The first kappa shape index (κ1) is 20.4. The molecule has 5 nitrogen and oxygen atoms in total. The van der Waals surface area contributed by atoms with E-state index in [9.17, 15) is 10.1 Å². The van der Waals surface area contributed by atoms with E-state index < -0.39 is 4.92 Å². The third-order valence-corrected chi connectivity index (χ3v) is 4.21. The van der Waals surface area contributed by atoms with Gasteiger partial charge in [-0.3, -0.25) is 10.1 Å². The average molecular weight is 336 g/mol. The van der Waals surface area contributed by atoms with Gasteiger partial charge in [-0.25, -0.2) is 0 Å². The molecule has 0 atom stereocenters. The van der Waals surface area contributed by atoms with Gasteiger partial charge in [0, 0.05) is 12.1 Å². The SMILES string of the molecule is CCCCCCCN(CC)CCCCOc1ccc([N+](=O)[O-])cc1. The fraction of sp³-hybridized carbons (Fsp3) is 0.684. The van der Waals surface area contributed by atoms with Gasteiger partial charge in [0.25, 0.3) is 5.69 Å². The van der Waals surface area contributed by atoms with Crippen LogP contribution in [0.2, 0.25) is 0 Å². The summed E-state index contributed by atoms with van der Waals surface area (Å²) >= 11 is 0. The minimum Gasteiger partial charge on any atom is -0.494 e. The van der Waals surface area contributed by atoms with E-state index in [1.54, 1.807) is 12.1 Å². The second-order valence-electron chi connectivity index (χ2n) is 6.16. The molecule has 0 aliphatic rings.